The second-order valence-electron chi connectivity index (χ2n) is 5.34. The molecule has 0 saturated heterocycles. The zero-order chi connectivity index (χ0) is 12.3. The average Bonchev–Trinajstić information content (AvgIpc) is 2.16. The van der Waals surface area contributed by atoms with Crippen LogP contribution in [0.4, 0.5) is 0 Å². The summed E-state index contributed by atoms with van der Waals surface area (Å²) >= 11 is 0. The van der Waals surface area contributed by atoms with Crippen molar-refractivity contribution in [3.63, 3.8) is 0 Å². The van der Waals surface area contributed by atoms with E-state index in [-0.39, 0.29) is 11.5 Å². The Kier molecular flexibility index (Phi) is 3.98. The van der Waals surface area contributed by atoms with Crippen molar-refractivity contribution in [2.45, 2.75) is 52.2 Å². The van der Waals surface area contributed by atoms with E-state index in [9.17, 15) is 5.11 Å². The van der Waals surface area contributed by atoms with Crippen molar-refractivity contribution in [1.29, 1.82) is 0 Å². The van der Waals surface area contributed by atoms with Gasteiger partial charge in [-0.1, -0.05) is 32.9 Å². The molecule has 90 valence electrons. The summed E-state index contributed by atoms with van der Waals surface area (Å²) in [5, 5.41) is 9.39. The summed E-state index contributed by atoms with van der Waals surface area (Å²) < 4.78 is 5.66. The van der Waals surface area contributed by atoms with Gasteiger partial charge >= 0.3 is 0 Å². The van der Waals surface area contributed by atoms with E-state index in [0.717, 1.165) is 5.75 Å². The Balaban J connectivity index is 2.83. The molecule has 0 fully saturated rings. The van der Waals surface area contributed by atoms with Crippen molar-refractivity contribution in [1.82, 2.24) is 0 Å². The van der Waals surface area contributed by atoms with Crippen LogP contribution in [0.1, 0.15) is 40.2 Å². The molecule has 0 aliphatic carbocycles. The number of benzene rings is 1. The fourth-order valence-electron chi connectivity index (χ4n) is 1.35. The van der Waals surface area contributed by atoms with E-state index in [0.29, 0.717) is 0 Å². The van der Waals surface area contributed by atoms with E-state index < -0.39 is 6.10 Å². The van der Waals surface area contributed by atoms with Crippen LogP contribution in [0.3, 0.4) is 0 Å². The molecule has 0 heterocycles. The SMILES string of the molecule is CC(Oc1cccc(C(C)(C)C)c1)[C@@H](C)O. The average molecular weight is 222 g/mol. The van der Waals surface area contributed by atoms with Crippen LogP contribution in [0.5, 0.6) is 5.75 Å². The molecule has 1 aromatic carbocycles. The van der Waals surface area contributed by atoms with Crippen molar-refractivity contribution in [2.75, 3.05) is 0 Å². The van der Waals surface area contributed by atoms with Gasteiger partial charge in [-0.15, -0.1) is 0 Å². The molecule has 1 N–H and O–H groups in total. The topological polar surface area (TPSA) is 29.5 Å². The van der Waals surface area contributed by atoms with Gasteiger partial charge in [0.1, 0.15) is 11.9 Å². The minimum atomic E-state index is -0.460. The Bertz CT molecular complexity index is 337. The van der Waals surface area contributed by atoms with Crippen LogP contribution in [0.25, 0.3) is 0 Å². The van der Waals surface area contributed by atoms with Crippen LogP contribution in [-0.2, 0) is 5.41 Å². The normalized spacial score (nSPS) is 15.6. The largest absolute Gasteiger partial charge is 0.488 e. The Morgan fingerprint density at radius 2 is 1.81 bits per heavy atom. The van der Waals surface area contributed by atoms with Gasteiger partial charge < -0.3 is 9.84 Å². The zero-order valence-electron chi connectivity index (χ0n) is 10.8. The summed E-state index contributed by atoms with van der Waals surface area (Å²) in [5.41, 5.74) is 1.36. The predicted molar refractivity (Wildman–Crippen MR) is 66.9 cm³/mol. The molecule has 0 amide bonds. The lowest BCUT2D eigenvalue weighted by Crippen LogP contribution is -2.25. The molecule has 0 aliphatic rings. The van der Waals surface area contributed by atoms with E-state index in [1.807, 2.05) is 25.1 Å². The Labute approximate surface area is 98.3 Å². The molecule has 0 spiro atoms. The standard InChI is InChI=1S/C14H22O2/c1-10(15)11(2)16-13-8-6-7-12(9-13)14(3,4)5/h6-11,15H,1-5H3/t10-,11?/m1/s1. The van der Waals surface area contributed by atoms with Crippen LogP contribution in [0.15, 0.2) is 24.3 Å². The summed E-state index contributed by atoms with van der Waals surface area (Å²) in [4.78, 5) is 0. The molecular weight excluding hydrogens is 200 g/mol. The molecule has 0 aliphatic heterocycles. The first-order valence-electron chi connectivity index (χ1n) is 5.76. The van der Waals surface area contributed by atoms with Gasteiger partial charge in [0.25, 0.3) is 0 Å². The van der Waals surface area contributed by atoms with Crippen molar-refractivity contribution in [2.24, 2.45) is 0 Å². The minimum Gasteiger partial charge on any atom is -0.488 e. The highest BCUT2D eigenvalue weighted by Crippen LogP contribution is 2.26. The molecule has 1 aromatic rings. The first kappa shape index (κ1) is 13.0. The van der Waals surface area contributed by atoms with E-state index in [1.54, 1.807) is 6.92 Å². The van der Waals surface area contributed by atoms with E-state index in [1.165, 1.54) is 5.56 Å². The molecule has 0 bridgehead atoms. The van der Waals surface area contributed by atoms with Gasteiger partial charge in [0.2, 0.25) is 0 Å². The van der Waals surface area contributed by atoms with Crippen LogP contribution in [0, 0.1) is 0 Å². The highest BCUT2D eigenvalue weighted by molar-refractivity contribution is 5.32. The molecule has 0 saturated carbocycles. The molecule has 1 unspecified atom stereocenters. The van der Waals surface area contributed by atoms with Gasteiger partial charge in [-0.2, -0.15) is 0 Å². The molecule has 1 rings (SSSR count). The van der Waals surface area contributed by atoms with Crippen LogP contribution < -0.4 is 4.74 Å². The molecule has 16 heavy (non-hydrogen) atoms. The lowest BCUT2D eigenvalue weighted by atomic mass is 9.87. The first-order chi connectivity index (χ1) is 7.30. The number of hydrogen-bond acceptors (Lipinski definition) is 2. The summed E-state index contributed by atoms with van der Waals surface area (Å²) in [7, 11) is 0. The fraction of sp³-hybridized carbons (Fsp3) is 0.571. The van der Waals surface area contributed by atoms with Crippen molar-refractivity contribution < 1.29 is 9.84 Å². The summed E-state index contributed by atoms with van der Waals surface area (Å²) in [6.07, 6.45) is -0.645. The maximum absolute atomic E-state index is 9.39. The maximum Gasteiger partial charge on any atom is 0.121 e. The third-order valence-electron chi connectivity index (χ3n) is 2.70. The third kappa shape index (κ3) is 3.53. The highest BCUT2D eigenvalue weighted by Gasteiger charge is 2.15. The molecule has 2 atom stereocenters. The van der Waals surface area contributed by atoms with Gasteiger partial charge in [-0.25, -0.2) is 0 Å². The minimum absolute atomic E-state index is 0.118. The smallest absolute Gasteiger partial charge is 0.121 e. The van der Waals surface area contributed by atoms with Crippen molar-refractivity contribution >= 4 is 0 Å². The van der Waals surface area contributed by atoms with Gasteiger partial charge in [0.15, 0.2) is 0 Å². The van der Waals surface area contributed by atoms with E-state index in [4.69, 9.17) is 4.74 Å². The Hall–Kier alpha value is -1.02. The quantitative estimate of drug-likeness (QED) is 0.851. The van der Waals surface area contributed by atoms with Crippen molar-refractivity contribution in [3.05, 3.63) is 29.8 Å². The van der Waals surface area contributed by atoms with Gasteiger partial charge in [-0.3, -0.25) is 0 Å². The van der Waals surface area contributed by atoms with E-state index >= 15 is 0 Å². The zero-order valence-corrected chi connectivity index (χ0v) is 10.8. The van der Waals surface area contributed by atoms with Crippen LogP contribution in [0.2, 0.25) is 0 Å². The lowest BCUT2D eigenvalue weighted by molar-refractivity contribution is 0.0603. The fourth-order valence-corrected chi connectivity index (χ4v) is 1.35. The van der Waals surface area contributed by atoms with Crippen molar-refractivity contribution in [3.8, 4) is 5.75 Å². The van der Waals surface area contributed by atoms with Gasteiger partial charge in [0.05, 0.1) is 6.10 Å². The molecule has 0 aromatic heterocycles. The first-order valence-corrected chi connectivity index (χ1v) is 5.76. The van der Waals surface area contributed by atoms with Crippen LogP contribution in [-0.4, -0.2) is 17.3 Å². The number of ether oxygens (including phenoxy) is 1. The maximum atomic E-state index is 9.39. The Morgan fingerprint density at radius 1 is 1.19 bits per heavy atom. The highest BCUT2D eigenvalue weighted by atomic mass is 16.5. The second kappa shape index (κ2) is 4.88. The monoisotopic (exact) mass is 222 g/mol. The lowest BCUT2D eigenvalue weighted by Gasteiger charge is -2.22. The summed E-state index contributed by atoms with van der Waals surface area (Å²) in [5.74, 6) is 0.820. The number of hydrogen-bond donors (Lipinski definition) is 1. The van der Waals surface area contributed by atoms with Gasteiger partial charge in [-0.05, 0) is 37.0 Å². The Morgan fingerprint density at radius 3 is 2.31 bits per heavy atom. The van der Waals surface area contributed by atoms with E-state index in [2.05, 4.69) is 26.8 Å². The summed E-state index contributed by atoms with van der Waals surface area (Å²) in [6, 6.07) is 8.05. The number of aliphatic hydroxyl groups excluding tert-OH is 1. The van der Waals surface area contributed by atoms with Gasteiger partial charge in [0, 0.05) is 0 Å². The summed E-state index contributed by atoms with van der Waals surface area (Å²) in [6.45, 7) is 10.1. The van der Waals surface area contributed by atoms with Crippen LogP contribution >= 0.6 is 0 Å². The molecule has 0 radical (unpaired) electrons. The molecular formula is C14H22O2. The molecule has 2 nitrogen and oxygen atoms in total. The predicted octanol–water partition coefficient (Wildman–Crippen LogP) is 3.13. The second-order valence-corrected chi connectivity index (χ2v) is 5.34. The third-order valence-corrected chi connectivity index (χ3v) is 2.70. The molecule has 2 heteroatoms. The number of rotatable bonds is 3. The number of aliphatic hydroxyl groups is 1.